The summed E-state index contributed by atoms with van der Waals surface area (Å²) in [6, 6.07) is 0. The Labute approximate surface area is 594 Å². The molecule has 0 heterocycles. The van der Waals surface area contributed by atoms with Crippen LogP contribution < -0.4 is 0 Å². The predicted molar refractivity (Wildman–Crippen MR) is 395 cm³/mol. The maximum atomic E-state index is 13.1. The molecule has 5 atom stereocenters. The highest BCUT2D eigenvalue weighted by molar-refractivity contribution is 7.47. The molecule has 0 aromatic carbocycles. The average molecular weight is 1420 g/mol. The molecule has 3 unspecified atom stereocenters. The molecule has 19 heteroatoms. The van der Waals surface area contributed by atoms with Gasteiger partial charge in [-0.15, -0.1) is 0 Å². The molecule has 0 aliphatic heterocycles. The molecule has 0 aliphatic rings. The van der Waals surface area contributed by atoms with Gasteiger partial charge in [-0.1, -0.05) is 344 Å². The third-order valence-electron chi connectivity index (χ3n) is 18.1. The van der Waals surface area contributed by atoms with Crippen molar-refractivity contribution in [1.29, 1.82) is 0 Å². The Bertz CT molecular complexity index is 1900. The van der Waals surface area contributed by atoms with E-state index in [1.54, 1.807) is 0 Å². The molecule has 0 spiro atoms. The fourth-order valence-corrected chi connectivity index (χ4v) is 13.5. The molecule has 0 saturated heterocycles. The number of phosphoric acid groups is 2. The Morgan fingerprint density at radius 1 is 0.258 bits per heavy atom. The van der Waals surface area contributed by atoms with E-state index >= 15 is 0 Å². The summed E-state index contributed by atoms with van der Waals surface area (Å²) in [6.45, 7) is 14.2. The van der Waals surface area contributed by atoms with Gasteiger partial charge in [0.1, 0.15) is 19.3 Å². The van der Waals surface area contributed by atoms with Crippen LogP contribution in [-0.2, 0) is 65.4 Å². The standard InChI is InChI=1S/C78H152O17P2/c1-68(2)54-46-38-30-23-17-12-10-9-11-13-21-27-35-44-52-60-77(82)94-73(64-88-75(80)58-50-42-34-26-20-15-14-18-24-31-39-47-55-69(3)4)66-92-96(84,85)90-62-72(79)63-91-97(86,87)93-67-74(65-89-76(81)59-51-43-37-29-33-41-49-57-71(7)8)95-78(83)61-53-45-36-28-22-16-19-25-32-40-48-56-70(5)6/h68-74,79H,9-67H2,1-8H3,(H,84,85)(H,86,87)/t72?,73-,74-/m1/s1. The number of rotatable bonds is 75. The number of hydrogen-bond donors (Lipinski definition) is 3. The number of aliphatic hydroxyl groups excluding tert-OH is 1. The molecule has 0 aliphatic carbocycles. The molecule has 3 N–H and O–H groups in total. The Kier molecular flexibility index (Phi) is 65.9. The third-order valence-corrected chi connectivity index (χ3v) is 20.0. The molecule has 0 radical (unpaired) electrons. The minimum absolute atomic E-state index is 0.105. The van der Waals surface area contributed by atoms with Gasteiger partial charge < -0.3 is 33.8 Å². The van der Waals surface area contributed by atoms with Gasteiger partial charge in [0.25, 0.3) is 0 Å². The fraction of sp³-hybridized carbons (Fsp3) is 0.949. The van der Waals surface area contributed by atoms with E-state index in [1.165, 1.54) is 193 Å². The summed E-state index contributed by atoms with van der Waals surface area (Å²) in [5, 5.41) is 10.6. The molecule has 0 fully saturated rings. The van der Waals surface area contributed by atoms with Gasteiger partial charge >= 0.3 is 39.5 Å². The summed E-state index contributed by atoms with van der Waals surface area (Å²) in [6.07, 6.45) is 52.8. The van der Waals surface area contributed by atoms with Crippen LogP contribution in [0.25, 0.3) is 0 Å². The van der Waals surface area contributed by atoms with Crippen molar-refractivity contribution in [2.24, 2.45) is 23.7 Å². The van der Waals surface area contributed by atoms with Gasteiger partial charge in [-0.25, -0.2) is 9.13 Å². The molecule has 97 heavy (non-hydrogen) atoms. The molecule has 17 nitrogen and oxygen atoms in total. The van der Waals surface area contributed by atoms with Crippen LogP contribution in [-0.4, -0.2) is 96.7 Å². The van der Waals surface area contributed by atoms with Crippen molar-refractivity contribution in [3.05, 3.63) is 0 Å². The highest BCUT2D eigenvalue weighted by atomic mass is 31.2. The second-order valence-corrected chi connectivity index (χ2v) is 32.9. The lowest BCUT2D eigenvalue weighted by Gasteiger charge is -2.21. The zero-order valence-corrected chi connectivity index (χ0v) is 65.5. The normalized spacial score (nSPS) is 14.1. The molecule has 0 aromatic heterocycles. The zero-order chi connectivity index (χ0) is 71.7. The maximum Gasteiger partial charge on any atom is 0.472 e. The van der Waals surface area contributed by atoms with Crippen LogP contribution in [0.5, 0.6) is 0 Å². The van der Waals surface area contributed by atoms with E-state index < -0.39 is 97.5 Å². The van der Waals surface area contributed by atoms with Crippen LogP contribution in [0.4, 0.5) is 0 Å². The van der Waals surface area contributed by atoms with E-state index in [-0.39, 0.29) is 25.7 Å². The van der Waals surface area contributed by atoms with E-state index in [4.69, 9.17) is 37.0 Å². The first-order valence-corrected chi connectivity index (χ1v) is 43.2. The van der Waals surface area contributed by atoms with Crippen LogP contribution in [0.2, 0.25) is 0 Å². The van der Waals surface area contributed by atoms with Crippen LogP contribution in [0.1, 0.15) is 396 Å². The first kappa shape index (κ1) is 95.1. The van der Waals surface area contributed by atoms with Crippen molar-refractivity contribution in [2.75, 3.05) is 39.6 Å². The largest absolute Gasteiger partial charge is 0.472 e. The summed E-state index contributed by atoms with van der Waals surface area (Å²) in [4.78, 5) is 72.9. The third kappa shape index (κ3) is 72.2. The summed E-state index contributed by atoms with van der Waals surface area (Å²) >= 11 is 0. The molecule has 0 bridgehead atoms. The number of esters is 4. The second-order valence-electron chi connectivity index (χ2n) is 30.0. The van der Waals surface area contributed by atoms with Gasteiger partial charge in [-0.05, 0) is 49.4 Å². The lowest BCUT2D eigenvalue weighted by Crippen LogP contribution is -2.30. The lowest BCUT2D eigenvalue weighted by atomic mass is 10.0. The highest BCUT2D eigenvalue weighted by Gasteiger charge is 2.30. The molecule has 0 amide bonds. The topological polar surface area (TPSA) is 237 Å². The Morgan fingerprint density at radius 2 is 0.433 bits per heavy atom. The summed E-state index contributed by atoms with van der Waals surface area (Å²) < 4.78 is 68.6. The zero-order valence-electron chi connectivity index (χ0n) is 63.7. The van der Waals surface area contributed by atoms with Gasteiger partial charge in [0.05, 0.1) is 26.4 Å². The fourth-order valence-electron chi connectivity index (χ4n) is 11.9. The molecular weight excluding hydrogens is 1270 g/mol. The number of unbranched alkanes of at least 4 members (excludes halogenated alkanes) is 41. The summed E-state index contributed by atoms with van der Waals surface area (Å²) in [5.41, 5.74) is 0. The Balaban J connectivity index is 5.25. The van der Waals surface area contributed by atoms with E-state index in [0.717, 1.165) is 114 Å². The predicted octanol–water partition coefficient (Wildman–Crippen LogP) is 22.8. The van der Waals surface area contributed by atoms with Crippen molar-refractivity contribution in [3.63, 3.8) is 0 Å². The second kappa shape index (κ2) is 67.2. The van der Waals surface area contributed by atoms with Crippen molar-refractivity contribution in [3.8, 4) is 0 Å². The van der Waals surface area contributed by atoms with E-state index in [9.17, 15) is 43.2 Å². The lowest BCUT2D eigenvalue weighted by molar-refractivity contribution is -0.161. The first-order chi connectivity index (χ1) is 46.6. The van der Waals surface area contributed by atoms with Crippen molar-refractivity contribution in [1.82, 2.24) is 0 Å². The smallest absolute Gasteiger partial charge is 0.462 e. The monoisotopic (exact) mass is 1420 g/mol. The van der Waals surface area contributed by atoms with Crippen LogP contribution in [0.15, 0.2) is 0 Å². The van der Waals surface area contributed by atoms with Crippen molar-refractivity contribution < 1.29 is 80.2 Å². The Hall–Kier alpha value is -1.94. The average Bonchev–Trinajstić information content (AvgIpc) is 1.11. The molecular formula is C78H152O17P2. The molecule has 0 rings (SSSR count). The number of aliphatic hydroxyl groups is 1. The highest BCUT2D eigenvalue weighted by Crippen LogP contribution is 2.45. The van der Waals surface area contributed by atoms with Gasteiger partial charge in [0, 0.05) is 25.7 Å². The van der Waals surface area contributed by atoms with Crippen molar-refractivity contribution >= 4 is 39.5 Å². The summed E-state index contributed by atoms with van der Waals surface area (Å²) in [7, 11) is -9.92. The number of carbonyl (C=O) groups is 4. The van der Waals surface area contributed by atoms with Gasteiger partial charge in [-0.3, -0.25) is 37.3 Å². The number of phosphoric ester groups is 2. The number of ether oxygens (including phenoxy) is 4. The minimum Gasteiger partial charge on any atom is -0.462 e. The van der Waals surface area contributed by atoms with Crippen LogP contribution >= 0.6 is 15.6 Å². The van der Waals surface area contributed by atoms with Crippen molar-refractivity contribution in [2.45, 2.75) is 414 Å². The molecule has 0 saturated carbocycles. The first-order valence-electron chi connectivity index (χ1n) is 40.2. The summed E-state index contributed by atoms with van der Waals surface area (Å²) in [5.74, 6) is 0.937. The van der Waals surface area contributed by atoms with Gasteiger partial charge in [-0.2, -0.15) is 0 Å². The van der Waals surface area contributed by atoms with Gasteiger partial charge in [0.15, 0.2) is 12.2 Å². The van der Waals surface area contributed by atoms with Gasteiger partial charge in [0.2, 0.25) is 0 Å². The molecule has 576 valence electrons. The Morgan fingerprint density at radius 3 is 0.639 bits per heavy atom. The van der Waals surface area contributed by atoms with Crippen LogP contribution in [0, 0.1) is 23.7 Å². The van der Waals surface area contributed by atoms with E-state index in [2.05, 4.69) is 55.4 Å². The number of hydrogen-bond acceptors (Lipinski definition) is 15. The SMILES string of the molecule is CC(C)CCCCCCCCCCCCCCCCCC(=O)O[C@H](COC(=O)CCCCCCCCCCCCCCC(C)C)COP(=O)(O)OCC(O)COP(=O)(O)OC[C@@H](COC(=O)CCCCCCCCCC(C)C)OC(=O)CCCCCCCCCCCCCC(C)C. The minimum atomic E-state index is -4.96. The van der Waals surface area contributed by atoms with E-state index in [0.29, 0.717) is 31.6 Å². The van der Waals surface area contributed by atoms with Crippen LogP contribution in [0.3, 0.4) is 0 Å². The quantitative estimate of drug-likeness (QED) is 0.0222. The number of carbonyl (C=O) groups excluding carboxylic acids is 4. The van der Waals surface area contributed by atoms with E-state index in [1.807, 2.05) is 0 Å². The maximum absolute atomic E-state index is 13.1. The molecule has 0 aromatic rings.